The van der Waals surface area contributed by atoms with Crippen molar-refractivity contribution in [1.82, 2.24) is 14.8 Å². The molecule has 184 valence electrons. The first-order chi connectivity index (χ1) is 17.4. The second-order valence-corrected chi connectivity index (χ2v) is 10.0. The van der Waals surface area contributed by atoms with E-state index in [4.69, 9.17) is 20.8 Å². The van der Waals surface area contributed by atoms with Gasteiger partial charge >= 0.3 is 5.97 Å². The zero-order valence-corrected chi connectivity index (χ0v) is 20.9. The number of carbonyl (C=O) groups excluding carboxylic acids is 3. The number of fused-ring (bicyclic) bond motifs is 1. The summed E-state index contributed by atoms with van der Waals surface area (Å²) in [5.74, 6) is -0.855. The van der Waals surface area contributed by atoms with Crippen molar-refractivity contribution in [2.45, 2.75) is 13.0 Å². The van der Waals surface area contributed by atoms with Crippen LogP contribution in [0.4, 0.5) is 0 Å². The fraction of sp³-hybridized carbons (Fsp3) is 0.231. The summed E-state index contributed by atoms with van der Waals surface area (Å²) in [6, 6.07) is 15.9. The van der Waals surface area contributed by atoms with E-state index >= 15 is 0 Å². The number of furan rings is 1. The summed E-state index contributed by atoms with van der Waals surface area (Å²) in [4.78, 5) is 47.4. The first-order valence-corrected chi connectivity index (χ1v) is 12.6. The molecule has 1 unspecified atom stereocenters. The van der Waals surface area contributed by atoms with Crippen LogP contribution in [0.5, 0.6) is 0 Å². The molecule has 3 aromatic heterocycles. The SMILES string of the molecule is CC(OC(=O)c1cc(-c2ccc(Cl)s2)nc2ccccc12)C(=O)N1CCN(C(=O)c2ccco2)CC1. The predicted molar refractivity (Wildman–Crippen MR) is 136 cm³/mol. The zero-order chi connectivity index (χ0) is 25.2. The molecule has 1 aromatic carbocycles. The number of aromatic nitrogens is 1. The molecule has 1 aliphatic heterocycles. The van der Waals surface area contributed by atoms with Crippen LogP contribution in [0.1, 0.15) is 27.8 Å². The first-order valence-electron chi connectivity index (χ1n) is 11.4. The van der Waals surface area contributed by atoms with Crippen molar-refractivity contribution in [2.75, 3.05) is 26.2 Å². The topological polar surface area (TPSA) is 93.0 Å². The molecule has 1 saturated heterocycles. The molecular formula is C26H22ClN3O5S. The van der Waals surface area contributed by atoms with Crippen LogP contribution in [0.2, 0.25) is 4.34 Å². The quantitative estimate of drug-likeness (QED) is 0.351. The number of benzene rings is 1. The standard InChI is InChI=1S/C26H22ClN3O5S/c1-16(24(31)29-10-12-30(13-11-29)25(32)21-7-4-14-34-21)35-26(33)18-15-20(22-8-9-23(27)36-22)28-19-6-3-2-5-17(18)19/h2-9,14-16H,10-13H2,1H3. The number of para-hydroxylation sites is 1. The van der Waals surface area contributed by atoms with Gasteiger partial charge in [0, 0.05) is 31.6 Å². The number of esters is 1. The monoisotopic (exact) mass is 523 g/mol. The Bertz CT molecular complexity index is 1430. The van der Waals surface area contributed by atoms with Gasteiger partial charge in [-0.1, -0.05) is 29.8 Å². The van der Waals surface area contributed by atoms with Crippen LogP contribution < -0.4 is 0 Å². The molecule has 4 heterocycles. The summed E-state index contributed by atoms with van der Waals surface area (Å²) < 4.78 is 11.4. The normalized spacial score (nSPS) is 14.6. The lowest BCUT2D eigenvalue weighted by atomic mass is 10.1. The summed E-state index contributed by atoms with van der Waals surface area (Å²) in [5.41, 5.74) is 1.57. The number of amides is 2. The Morgan fingerprint density at radius 1 is 1.03 bits per heavy atom. The van der Waals surface area contributed by atoms with Crippen molar-refractivity contribution < 1.29 is 23.5 Å². The Balaban J connectivity index is 1.28. The maximum atomic E-state index is 13.2. The Kier molecular flexibility index (Phi) is 6.75. The molecule has 0 saturated carbocycles. The van der Waals surface area contributed by atoms with Crippen LogP contribution in [-0.4, -0.2) is 64.9 Å². The van der Waals surface area contributed by atoms with Crippen LogP contribution in [-0.2, 0) is 9.53 Å². The predicted octanol–water partition coefficient (Wildman–Crippen LogP) is 4.74. The van der Waals surface area contributed by atoms with E-state index in [1.165, 1.54) is 17.6 Å². The third-order valence-electron chi connectivity index (χ3n) is 6.00. The molecule has 0 bridgehead atoms. The average Bonchev–Trinajstić information content (AvgIpc) is 3.59. The van der Waals surface area contributed by atoms with Gasteiger partial charge in [-0.25, -0.2) is 9.78 Å². The van der Waals surface area contributed by atoms with E-state index < -0.39 is 12.1 Å². The number of hydrogen-bond acceptors (Lipinski definition) is 7. The molecule has 36 heavy (non-hydrogen) atoms. The number of halogens is 1. The van der Waals surface area contributed by atoms with Gasteiger partial charge in [0.1, 0.15) is 0 Å². The molecule has 4 aromatic rings. The third-order valence-corrected chi connectivity index (χ3v) is 7.26. The maximum Gasteiger partial charge on any atom is 0.339 e. The molecule has 1 atom stereocenters. The molecule has 1 aliphatic rings. The number of rotatable bonds is 5. The first kappa shape index (κ1) is 24.0. The van der Waals surface area contributed by atoms with Gasteiger partial charge in [-0.2, -0.15) is 0 Å². The third kappa shape index (κ3) is 4.84. The number of thiophene rings is 1. The lowest BCUT2D eigenvalue weighted by Crippen LogP contribution is -2.53. The van der Waals surface area contributed by atoms with E-state index in [0.717, 1.165) is 4.88 Å². The zero-order valence-electron chi connectivity index (χ0n) is 19.3. The largest absolute Gasteiger partial charge is 0.459 e. The second kappa shape index (κ2) is 10.1. The van der Waals surface area contributed by atoms with E-state index in [-0.39, 0.29) is 17.6 Å². The smallest absolute Gasteiger partial charge is 0.339 e. The summed E-state index contributed by atoms with van der Waals surface area (Å²) in [7, 11) is 0. The number of carbonyl (C=O) groups is 3. The Labute approximate surface area is 216 Å². The highest BCUT2D eigenvalue weighted by molar-refractivity contribution is 7.19. The van der Waals surface area contributed by atoms with Crippen molar-refractivity contribution in [1.29, 1.82) is 0 Å². The lowest BCUT2D eigenvalue weighted by Gasteiger charge is -2.35. The molecule has 5 rings (SSSR count). The Morgan fingerprint density at radius 2 is 1.78 bits per heavy atom. The second-order valence-electron chi connectivity index (χ2n) is 8.32. The summed E-state index contributed by atoms with van der Waals surface area (Å²) >= 11 is 7.46. The molecule has 0 N–H and O–H groups in total. The Hall–Kier alpha value is -3.69. The van der Waals surface area contributed by atoms with Crippen molar-refractivity contribution in [3.8, 4) is 10.6 Å². The molecule has 10 heteroatoms. The molecule has 2 amide bonds. The van der Waals surface area contributed by atoms with Gasteiger partial charge in [0.05, 0.1) is 32.3 Å². The van der Waals surface area contributed by atoms with Gasteiger partial charge in [-0.3, -0.25) is 9.59 Å². The maximum absolute atomic E-state index is 13.2. The minimum absolute atomic E-state index is 0.209. The van der Waals surface area contributed by atoms with E-state index in [2.05, 4.69) is 4.98 Å². The van der Waals surface area contributed by atoms with Crippen molar-refractivity contribution in [3.63, 3.8) is 0 Å². The fourth-order valence-corrected chi connectivity index (χ4v) is 5.14. The molecule has 1 fully saturated rings. The van der Waals surface area contributed by atoms with E-state index in [9.17, 15) is 14.4 Å². The summed E-state index contributed by atoms with van der Waals surface area (Å²) in [5, 5.41) is 0.638. The van der Waals surface area contributed by atoms with Gasteiger partial charge in [0.15, 0.2) is 11.9 Å². The van der Waals surface area contributed by atoms with Gasteiger partial charge in [-0.15, -0.1) is 11.3 Å². The van der Waals surface area contributed by atoms with Crippen LogP contribution in [0, 0.1) is 0 Å². The Morgan fingerprint density at radius 3 is 2.47 bits per heavy atom. The molecule has 0 spiro atoms. The highest BCUT2D eigenvalue weighted by Gasteiger charge is 2.30. The minimum Gasteiger partial charge on any atom is -0.459 e. The molecule has 0 radical (unpaired) electrons. The number of hydrogen-bond donors (Lipinski definition) is 0. The number of piperazine rings is 1. The van der Waals surface area contributed by atoms with Crippen LogP contribution in [0.15, 0.2) is 65.3 Å². The molecular weight excluding hydrogens is 502 g/mol. The van der Waals surface area contributed by atoms with Crippen LogP contribution in [0.25, 0.3) is 21.5 Å². The van der Waals surface area contributed by atoms with Crippen molar-refractivity contribution >= 4 is 51.6 Å². The molecule has 0 aliphatic carbocycles. The van der Waals surface area contributed by atoms with E-state index in [1.807, 2.05) is 24.3 Å². The van der Waals surface area contributed by atoms with Crippen molar-refractivity contribution in [3.05, 3.63) is 76.5 Å². The highest BCUT2D eigenvalue weighted by atomic mass is 35.5. The molecule has 8 nitrogen and oxygen atoms in total. The van der Waals surface area contributed by atoms with E-state index in [1.54, 1.807) is 47.1 Å². The van der Waals surface area contributed by atoms with Gasteiger partial charge in [0.2, 0.25) is 0 Å². The lowest BCUT2D eigenvalue weighted by molar-refractivity contribution is -0.141. The fourth-order valence-electron chi connectivity index (χ4n) is 4.14. The number of pyridine rings is 1. The van der Waals surface area contributed by atoms with E-state index in [0.29, 0.717) is 52.7 Å². The number of ether oxygens (including phenoxy) is 1. The van der Waals surface area contributed by atoms with Crippen LogP contribution >= 0.6 is 22.9 Å². The number of nitrogens with zero attached hydrogens (tertiary/aromatic N) is 3. The highest BCUT2D eigenvalue weighted by Crippen LogP contribution is 2.32. The average molecular weight is 524 g/mol. The summed E-state index contributed by atoms with van der Waals surface area (Å²) in [6.07, 6.45) is 0.463. The van der Waals surface area contributed by atoms with Crippen molar-refractivity contribution in [2.24, 2.45) is 0 Å². The van der Waals surface area contributed by atoms with Gasteiger partial charge in [0.25, 0.3) is 11.8 Å². The van der Waals surface area contributed by atoms with Gasteiger partial charge in [-0.05, 0) is 43.3 Å². The minimum atomic E-state index is -0.989. The van der Waals surface area contributed by atoms with Gasteiger partial charge < -0.3 is 19.0 Å². The summed E-state index contributed by atoms with van der Waals surface area (Å²) in [6.45, 7) is 2.98. The van der Waals surface area contributed by atoms with Crippen LogP contribution in [0.3, 0.4) is 0 Å².